The van der Waals surface area contributed by atoms with Crippen molar-refractivity contribution in [1.82, 2.24) is 0 Å². The van der Waals surface area contributed by atoms with Gasteiger partial charge in [0.2, 0.25) is 0 Å². The van der Waals surface area contributed by atoms with E-state index in [9.17, 15) is 0 Å². The van der Waals surface area contributed by atoms with Crippen molar-refractivity contribution in [3.05, 3.63) is 78.4 Å². The zero-order valence-electron chi connectivity index (χ0n) is 14.2. The zero-order valence-corrected chi connectivity index (χ0v) is 14.2. The minimum absolute atomic E-state index is 0.250. The topological polar surface area (TPSA) is 15.7 Å². The normalized spacial score (nSPS) is 17.7. The van der Waals surface area contributed by atoms with Crippen LogP contribution in [0.15, 0.2) is 72.8 Å². The highest BCUT2D eigenvalue weighted by Gasteiger charge is 2.39. The number of rotatable bonds is 2. The number of methoxy groups -OCH3 is 1. The van der Waals surface area contributed by atoms with Crippen molar-refractivity contribution in [3.8, 4) is 16.9 Å². The van der Waals surface area contributed by atoms with Crippen LogP contribution in [0.4, 0.5) is 11.4 Å². The van der Waals surface area contributed by atoms with Gasteiger partial charge in [0.15, 0.2) is 0 Å². The molecule has 3 nitrogen and oxygen atoms in total. The number of hydrogen-bond donors (Lipinski definition) is 0. The molecule has 2 heterocycles. The first kappa shape index (κ1) is 14.4. The fourth-order valence-corrected chi connectivity index (χ4v) is 4.18. The van der Waals surface area contributed by atoms with E-state index in [1.807, 2.05) is 12.1 Å². The van der Waals surface area contributed by atoms with Crippen LogP contribution in [0.5, 0.6) is 5.75 Å². The average Bonchev–Trinajstić information content (AvgIpc) is 3.14. The van der Waals surface area contributed by atoms with E-state index in [-0.39, 0.29) is 6.17 Å². The molecule has 1 saturated heterocycles. The summed E-state index contributed by atoms with van der Waals surface area (Å²) < 4.78 is 5.31. The molecule has 1 fully saturated rings. The molecule has 3 heteroatoms. The summed E-state index contributed by atoms with van der Waals surface area (Å²) in [6, 6.07) is 26.0. The van der Waals surface area contributed by atoms with Crippen LogP contribution in [0.1, 0.15) is 11.7 Å². The summed E-state index contributed by atoms with van der Waals surface area (Å²) in [6.45, 7) is 2.04. The fraction of sp³-hybridized carbons (Fsp3) is 0.182. The van der Waals surface area contributed by atoms with Crippen LogP contribution in [0, 0.1) is 0 Å². The molecule has 0 amide bonds. The van der Waals surface area contributed by atoms with Crippen LogP contribution in [-0.4, -0.2) is 20.2 Å². The molecule has 3 aromatic carbocycles. The van der Waals surface area contributed by atoms with Crippen LogP contribution in [0.25, 0.3) is 11.1 Å². The average molecular weight is 328 g/mol. The Bertz CT molecular complexity index is 919. The van der Waals surface area contributed by atoms with Crippen molar-refractivity contribution in [2.45, 2.75) is 6.17 Å². The molecule has 0 saturated carbocycles. The van der Waals surface area contributed by atoms with Gasteiger partial charge in [0.25, 0.3) is 0 Å². The molecule has 5 rings (SSSR count). The smallest absolute Gasteiger partial charge is 0.129 e. The molecule has 25 heavy (non-hydrogen) atoms. The van der Waals surface area contributed by atoms with Crippen molar-refractivity contribution in [1.29, 1.82) is 0 Å². The molecule has 0 spiro atoms. The molecule has 0 radical (unpaired) electrons. The van der Waals surface area contributed by atoms with E-state index < -0.39 is 0 Å². The molecule has 0 bridgehead atoms. The Hall–Kier alpha value is -2.94. The highest BCUT2D eigenvalue weighted by molar-refractivity contribution is 5.86. The van der Waals surface area contributed by atoms with E-state index >= 15 is 0 Å². The Balaban J connectivity index is 1.64. The van der Waals surface area contributed by atoms with Crippen LogP contribution < -0.4 is 14.5 Å². The Morgan fingerprint density at radius 1 is 0.760 bits per heavy atom. The summed E-state index contributed by atoms with van der Waals surface area (Å²) in [7, 11) is 1.71. The first-order valence-corrected chi connectivity index (χ1v) is 8.72. The second-order valence-electron chi connectivity index (χ2n) is 6.56. The van der Waals surface area contributed by atoms with Crippen molar-refractivity contribution in [2.24, 2.45) is 0 Å². The van der Waals surface area contributed by atoms with E-state index in [2.05, 4.69) is 70.5 Å². The highest BCUT2D eigenvalue weighted by atomic mass is 16.5. The molecule has 0 N–H and O–H groups in total. The van der Waals surface area contributed by atoms with Gasteiger partial charge in [-0.15, -0.1) is 0 Å². The summed E-state index contributed by atoms with van der Waals surface area (Å²) in [5, 5.41) is 0. The van der Waals surface area contributed by atoms with Crippen LogP contribution in [0.2, 0.25) is 0 Å². The standard InChI is InChI=1S/C22H20N2O/c1-25-17-12-10-16(11-13-17)23-14-15-24-21-9-5-4-7-19(21)18-6-2-3-8-20(18)22(23)24/h2-13,22H,14-15H2,1H3. The fourth-order valence-electron chi connectivity index (χ4n) is 4.18. The Morgan fingerprint density at radius 3 is 2.24 bits per heavy atom. The van der Waals surface area contributed by atoms with Crippen molar-refractivity contribution in [3.63, 3.8) is 0 Å². The number of ether oxygens (including phenoxy) is 1. The van der Waals surface area contributed by atoms with Gasteiger partial charge in [-0.2, -0.15) is 0 Å². The number of para-hydroxylation sites is 1. The minimum atomic E-state index is 0.250. The monoisotopic (exact) mass is 328 g/mol. The quantitative estimate of drug-likeness (QED) is 0.678. The Morgan fingerprint density at radius 2 is 1.44 bits per heavy atom. The van der Waals surface area contributed by atoms with E-state index in [0.29, 0.717) is 0 Å². The largest absolute Gasteiger partial charge is 0.497 e. The van der Waals surface area contributed by atoms with Gasteiger partial charge in [-0.05, 0) is 35.9 Å². The Kier molecular flexibility index (Phi) is 3.20. The molecule has 3 aromatic rings. The summed E-state index contributed by atoms with van der Waals surface area (Å²) in [5.41, 5.74) is 6.64. The lowest BCUT2D eigenvalue weighted by Crippen LogP contribution is -2.33. The lowest BCUT2D eigenvalue weighted by molar-refractivity contribution is 0.415. The molecule has 0 aromatic heterocycles. The van der Waals surface area contributed by atoms with E-state index in [0.717, 1.165) is 18.8 Å². The van der Waals surface area contributed by atoms with Crippen LogP contribution in [0.3, 0.4) is 0 Å². The first-order valence-electron chi connectivity index (χ1n) is 8.72. The zero-order chi connectivity index (χ0) is 16.8. The van der Waals surface area contributed by atoms with E-state index in [4.69, 9.17) is 4.74 Å². The van der Waals surface area contributed by atoms with Crippen molar-refractivity contribution >= 4 is 11.4 Å². The van der Waals surface area contributed by atoms with Gasteiger partial charge < -0.3 is 14.5 Å². The van der Waals surface area contributed by atoms with E-state index in [1.54, 1.807) is 7.11 Å². The molecular weight excluding hydrogens is 308 g/mol. The molecular formula is C22H20N2O. The van der Waals surface area contributed by atoms with Crippen LogP contribution >= 0.6 is 0 Å². The summed E-state index contributed by atoms with van der Waals surface area (Å²) in [5.74, 6) is 0.897. The van der Waals surface area contributed by atoms with Gasteiger partial charge in [0.1, 0.15) is 11.9 Å². The maximum Gasteiger partial charge on any atom is 0.129 e. The molecule has 2 aliphatic rings. The van der Waals surface area contributed by atoms with E-state index in [1.165, 1.54) is 28.1 Å². The Labute approximate surface area is 148 Å². The molecule has 124 valence electrons. The summed E-state index contributed by atoms with van der Waals surface area (Å²) >= 11 is 0. The number of anilines is 2. The third-order valence-electron chi connectivity index (χ3n) is 5.32. The number of hydrogen-bond acceptors (Lipinski definition) is 3. The minimum Gasteiger partial charge on any atom is -0.497 e. The number of fused-ring (bicyclic) bond motifs is 6. The van der Waals surface area contributed by atoms with Gasteiger partial charge in [-0.3, -0.25) is 0 Å². The number of benzene rings is 3. The molecule has 2 aliphatic heterocycles. The maximum absolute atomic E-state index is 5.31. The summed E-state index contributed by atoms with van der Waals surface area (Å²) in [4.78, 5) is 5.02. The van der Waals surface area contributed by atoms with Gasteiger partial charge in [0, 0.05) is 35.6 Å². The lowest BCUT2D eigenvalue weighted by atomic mass is 9.91. The predicted molar refractivity (Wildman–Crippen MR) is 102 cm³/mol. The third-order valence-corrected chi connectivity index (χ3v) is 5.32. The second-order valence-corrected chi connectivity index (χ2v) is 6.56. The number of nitrogens with zero attached hydrogens (tertiary/aromatic N) is 2. The van der Waals surface area contributed by atoms with Gasteiger partial charge in [-0.1, -0.05) is 42.5 Å². The third kappa shape index (κ3) is 2.12. The highest BCUT2D eigenvalue weighted by Crippen LogP contribution is 2.48. The van der Waals surface area contributed by atoms with Gasteiger partial charge >= 0.3 is 0 Å². The maximum atomic E-state index is 5.31. The molecule has 1 unspecified atom stereocenters. The van der Waals surface area contributed by atoms with Gasteiger partial charge in [0.05, 0.1) is 7.11 Å². The van der Waals surface area contributed by atoms with Gasteiger partial charge in [-0.25, -0.2) is 0 Å². The lowest BCUT2D eigenvalue weighted by Gasteiger charge is -2.39. The van der Waals surface area contributed by atoms with Crippen molar-refractivity contribution < 1.29 is 4.74 Å². The summed E-state index contributed by atoms with van der Waals surface area (Å²) in [6.07, 6.45) is 0.250. The first-order chi connectivity index (χ1) is 12.4. The molecule has 0 aliphatic carbocycles. The SMILES string of the molecule is COc1ccc(N2CCN3c4ccccc4-c4ccccc4C23)cc1. The van der Waals surface area contributed by atoms with Crippen LogP contribution in [-0.2, 0) is 0 Å². The second kappa shape index (κ2) is 5.55. The van der Waals surface area contributed by atoms with Crippen molar-refractivity contribution in [2.75, 3.05) is 30.0 Å². The molecule has 1 atom stereocenters. The predicted octanol–water partition coefficient (Wildman–Crippen LogP) is 4.70.